The maximum Gasteiger partial charge on any atom is 0.252 e. The molecule has 1 atom stereocenters. The molecule has 2 fully saturated rings. The van der Waals surface area contributed by atoms with Crippen LogP contribution in [0.4, 0.5) is 5.82 Å². The second-order valence-electron chi connectivity index (χ2n) is 8.67. The highest BCUT2D eigenvalue weighted by Crippen LogP contribution is 2.35. The van der Waals surface area contributed by atoms with Crippen molar-refractivity contribution >= 4 is 22.8 Å². The van der Waals surface area contributed by atoms with Gasteiger partial charge in [0.2, 0.25) is 5.70 Å². The van der Waals surface area contributed by atoms with Gasteiger partial charge in [0.1, 0.15) is 17.8 Å². The van der Waals surface area contributed by atoms with Crippen LogP contribution in [0.1, 0.15) is 37.3 Å². The molecule has 32 heavy (non-hydrogen) atoms. The van der Waals surface area contributed by atoms with Gasteiger partial charge in [0.05, 0.1) is 18.0 Å². The number of allylic oxidation sites excluding steroid dienone is 1. The second-order valence-corrected chi connectivity index (χ2v) is 8.67. The summed E-state index contributed by atoms with van der Waals surface area (Å²) in [6.07, 6.45) is 7.14. The van der Waals surface area contributed by atoms with E-state index in [1.165, 1.54) is 6.33 Å². The van der Waals surface area contributed by atoms with Gasteiger partial charge >= 0.3 is 0 Å². The third kappa shape index (κ3) is 3.71. The number of likely N-dealkylation sites (tertiary alicyclic amines) is 1. The molecule has 2 aromatic heterocycles. The minimum atomic E-state index is -0.180. The van der Waals surface area contributed by atoms with E-state index in [1.54, 1.807) is 4.90 Å². The number of nitrogens with two attached hydrogens (primary N) is 1. The molecule has 0 spiro atoms. The first-order chi connectivity index (χ1) is 15.5. The average Bonchev–Trinajstić information content (AvgIpc) is 3.55. The van der Waals surface area contributed by atoms with E-state index in [9.17, 15) is 4.79 Å². The van der Waals surface area contributed by atoms with Crippen molar-refractivity contribution in [1.29, 1.82) is 0 Å². The minimum Gasteiger partial charge on any atom is -0.383 e. The van der Waals surface area contributed by atoms with Gasteiger partial charge < -0.3 is 10.6 Å². The molecule has 1 aliphatic carbocycles. The second kappa shape index (κ2) is 8.08. The van der Waals surface area contributed by atoms with Gasteiger partial charge in [-0.15, -0.1) is 0 Å². The smallest absolute Gasteiger partial charge is 0.252 e. The number of fused-ring (bicyclic) bond motifs is 1. The van der Waals surface area contributed by atoms with Crippen LogP contribution >= 0.6 is 0 Å². The van der Waals surface area contributed by atoms with Crippen LogP contribution in [0, 0.1) is 19.4 Å². The number of hydrogen-bond donors (Lipinski definition) is 1. The molecular weight excluding hydrogens is 402 g/mol. The first-order valence-electron chi connectivity index (χ1n) is 11.0. The fourth-order valence-electron chi connectivity index (χ4n) is 4.31. The number of carbonyl (C=O) groups excluding carboxylic acids is 1. The normalized spacial score (nSPS) is 19.2. The fourth-order valence-corrected chi connectivity index (χ4v) is 4.31. The quantitative estimate of drug-likeness (QED) is 0.505. The summed E-state index contributed by atoms with van der Waals surface area (Å²) in [7, 11) is 0. The number of amides is 1. The van der Waals surface area contributed by atoms with Crippen molar-refractivity contribution in [1.82, 2.24) is 24.6 Å². The van der Waals surface area contributed by atoms with Gasteiger partial charge in [-0.2, -0.15) is 5.10 Å². The number of hydrogen-bond acceptors (Lipinski definition) is 5. The number of piperidine rings is 1. The summed E-state index contributed by atoms with van der Waals surface area (Å²) in [5.41, 5.74) is 10.0. The summed E-state index contributed by atoms with van der Waals surface area (Å²) in [5, 5.41) is 5.64. The minimum absolute atomic E-state index is 0.0448. The first-order valence-corrected chi connectivity index (χ1v) is 11.0. The molecule has 8 heteroatoms. The Bertz CT molecular complexity index is 1250. The summed E-state index contributed by atoms with van der Waals surface area (Å²) in [4.78, 5) is 27.0. The number of aryl methyl sites for hydroxylation is 1. The Morgan fingerprint density at radius 1 is 1.22 bits per heavy atom. The molecule has 5 rings (SSSR count). The lowest BCUT2D eigenvalue weighted by molar-refractivity contribution is -0.128. The predicted octanol–water partition coefficient (Wildman–Crippen LogP) is 3.76. The predicted molar refractivity (Wildman–Crippen MR) is 122 cm³/mol. The Labute approximate surface area is 186 Å². The van der Waals surface area contributed by atoms with Crippen LogP contribution in [-0.4, -0.2) is 43.6 Å². The van der Waals surface area contributed by atoms with Crippen LogP contribution in [0.25, 0.3) is 27.1 Å². The Hall–Kier alpha value is -3.73. The molecule has 3 aromatic rings. The molecule has 1 saturated carbocycles. The fraction of sp³-hybridized carbons (Fsp3) is 0.375. The van der Waals surface area contributed by atoms with E-state index in [2.05, 4.69) is 14.8 Å². The topological polar surface area (TPSA) is 94.3 Å². The molecule has 0 radical (unpaired) electrons. The summed E-state index contributed by atoms with van der Waals surface area (Å²) < 4.78 is 1.89. The lowest BCUT2D eigenvalue weighted by Gasteiger charge is -2.33. The molecule has 1 aliphatic heterocycles. The largest absolute Gasteiger partial charge is 0.383 e. The lowest BCUT2D eigenvalue weighted by Crippen LogP contribution is -2.41. The molecule has 0 bridgehead atoms. The number of anilines is 1. The van der Waals surface area contributed by atoms with Crippen molar-refractivity contribution in [2.75, 3.05) is 18.8 Å². The maximum atomic E-state index is 13.0. The highest BCUT2D eigenvalue weighted by Gasteiger charge is 2.31. The van der Waals surface area contributed by atoms with Crippen molar-refractivity contribution in [3.05, 3.63) is 59.3 Å². The van der Waals surface area contributed by atoms with E-state index in [-0.39, 0.29) is 17.6 Å². The van der Waals surface area contributed by atoms with Gasteiger partial charge in [-0.25, -0.2) is 19.5 Å². The number of aromatic nitrogens is 4. The van der Waals surface area contributed by atoms with E-state index in [4.69, 9.17) is 17.4 Å². The van der Waals surface area contributed by atoms with Crippen LogP contribution in [-0.2, 0) is 4.79 Å². The average molecular weight is 428 g/mol. The van der Waals surface area contributed by atoms with Crippen LogP contribution in [0.2, 0.25) is 0 Å². The van der Waals surface area contributed by atoms with Crippen molar-refractivity contribution in [3.8, 4) is 11.3 Å². The van der Waals surface area contributed by atoms with Crippen molar-refractivity contribution in [2.45, 2.75) is 38.6 Å². The molecule has 1 amide bonds. The third-order valence-corrected chi connectivity index (χ3v) is 6.23. The summed E-state index contributed by atoms with van der Waals surface area (Å²) >= 11 is 0. The molecule has 2 aliphatic rings. The Kier molecular flexibility index (Phi) is 5.10. The molecule has 1 saturated heterocycles. The molecule has 8 nitrogen and oxygen atoms in total. The van der Waals surface area contributed by atoms with Gasteiger partial charge in [0.15, 0.2) is 5.65 Å². The zero-order chi connectivity index (χ0) is 22.2. The Balaban J connectivity index is 1.50. The van der Waals surface area contributed by atoms with E-state index in [0.29, 0.717) is 30.5 Å². The summed E-state index contributed by atoms with van der Waals surface area (Å²) in [6, 6.07) is 8.08. The van der Waals surface area contributed by atoms with Gasteiger partial charge in [0, 0.05) is 18.7 Å². The van der Waals surface area contributed by atoms with Crippen molar-refractivity contribution < 1.29 is 4.79 Å². The lowest BCUT2D eigenvalue weighted by atomic mass is 10.1. The number of benzene rings is 1. The van der Waals surface area contributed by atoms with Crippen molar-refractivity contribution in [2.24, 2.45) is 5.92 Å². The zero-order valence-electron chi connectivity index (χ0n) is 18.0. The van der Waals surface area contributed by atoms with Gasteiger partial charge in [-0.3, -0.25) is 4.79 Å². The monoisotopic (exact) mass is 427 g/mol. The van der Waals surface area contributed by atoms with Crippen LogP contribution in [0.15, 0.2) is 42.4 Å². The zero-order valence-corrected chi connectivity index (χ0v) is 18.0. The van der Waals surface area contributed by atoms with Gasteiger partial charge in [0.25, 0.3) is 5.91 Å². The molecule has 0 unspecified atom stereocenters. The Morgan fingerprint density at radius 3 is 2.72 bits per heavy atom. The van der Waals surface area contributed by atoms with E-state index < -0.39 is 0 Å². The van der Waals surface area contributed by atoms with Crippen LogP contribution in [0.3, 0.4) is 0 Å². The van der Waals surface area contributed by atoms with Gasteiger partial charge in [-0.05, 0) is 38.5 Å². The van der Waals surface area contributed by atoms with Gasteiger partial charge in [-0.1, -0.05) is 35.9 Å². The maximum absolute atomic E-state index is 13.0. The first kappa shape index (κ1) is 20.2. The van der Waals surface area contributed by atoms with E-state index in [1.807, 2.05) is 41.9 Å². The van der Waals surface area contributed by atoms with Crippen molar-refractivity contribution in [3.63, 3.8) is 0 Å². The molecule has 3 heterocycles. The van der Waals surface area contributed by atoms with E-state index in [0.717, 1.165) is 47.9 Å². The van der Waals surface area contributed by atoms with E-state index >= 15 is 0 Å². The summed E-state index contributed by atoms with van der Waals surface area (Å²) in [5.74, 6) is 0.597. The molecule has 2 N–H and O–H groups in total. The van der Waals surface area contributed by atoms with Crippen LogP contribution in [0.5, 0.6) is 0 Å². The number of rotatable bonds is 4. The molecule has 1 aromatic carbocycles. The number of nitrogens with zero attached hydrogens (tertiary/aromatic N) is 6. The SMILES string of the molecule is [C-]#[N+]/C(=C\C1CC1)C(=O)N1CCC[C@@H](n2nc(-c3ccc(C)cc3)c3c(N)ncnc32)C1. The third-order valence-electron chi connectivity index (χ3n) is 6.23. The molecule has 162 valence electrons. The molecular formula is C24H25N7O. The highest BCUT2D eigenvalue weighted by molar-refractivity contribution is 5.98. The highest BCUT2D eigenvalue weighted by atomic mass is 16.2. The standard InChI is InChI=1S/C24H25N7O/c1-15-5-9-17(10-6-15)21-20-22(25)27-14-28-23(20)31(29-21)18-4-3-11-30(13-18)24(32)19(26-2)12-16-7-8-16/h5-6,9-10,12,14,16,18H,3-4,7-8,11,13H2,1H3,(H2,25,27,28)/b19-12-/t18-/m1/s1. The number of nitrogen functional groups attached to an aromatic ring is 1. The van der Waals surface area contributed by atoms with Crippen LogP contribution < -0.4 is 5.73 Å². The number of carbonyl (C=O) groups is 1. The Morgan fingerprint density at radius 2 is 2.00 bits per heavy atom. The summed E-state index contributed by atoms with van der Waals surface area (Å²) in [6.45, 7) is 10.6.